The maximum atomic E-state index is 9.80. The van der Waals surface area contributed by atoms with Gasteiger partial charge in [-0.2, -0.15) is 0 Å². The zero-order valence-electron chi connectivity index (χ0n) is 12.5. The van der Waals surface area contributed by atoms with E-state index >= 15 is 0 Å². The Morgan fingerprint density at radius 2 is 1.95 bits per heavy atom. The van der Waals surface area contributed by atoms with Crippen molar-refractivity contribution in [1.29, 1.82) is 0 Å². The molecular weight excluding hydrogens is 238 g/mol. The molecule has 3 fully saturated rings. The van der Waals surface area contributed by atoms with Crippen molar-refractivity contribution < 1.29 is 9.84 Å². The zero-order chi connectivity index (χ0) is 13.5. The van der Waals surface area contributed by atoms with Gasteiger partial charge in [0.05, 0.1) is 6.10 Å². The number of ether oxygens (including phenoxy) is 1. The van der Waals surface area contributed by atoms with Gasteiger partial charge in [0.2, 0.25) is 0 Å². The van der Waals surface area contributed by atoms with Gasteiger partial charge in [-0.3, -0.25) is 0 Å². The Hall–Kier alpha value is -0.120. The lowest BCUT2D eigenvalue weighted by molar-refractivity contribution is -0.116. The summed E-state index contributed by atoms with van der Waals surface area (Å²) in [7, 11) is 0. The second-order valence-corrected chi connectivity index (χ2v) is 7.64. The first kappa shape index (κ1) is 13.8. The molecular formula is C16H29NO2. The number of nitrogens with one attached hydrogen (secondary N) is 1. The van der Waals surface area contributed by atoms with Crippen LogP contribution >= 0.6 is 0 Å². The third kappa shape index (κ3) is 2.24. The molecule has 0 aromatic carbocycles. The Kier molecular flexibility index (Phi) is 3.65. The number of hydrogen-bond acceptors (Lipinski definition) is 3. The fourth-order valence-electron chi connectivity index (χ4n) is 4.76. The van der Waals surface area contributed by atoms with Gasteiger partial charge < -0.3 is 15.2 Å². The molecule has 0 aromatic heterocycles. The van der Waals surface area contributed by atoms with Crippen LogP contribution in [0.15, 0.2) is 0 Å². The van der Waals surface area contributed by atoms with Crippen molar-refractivity contribution in [3.63, 3.8) is 0 Å². The number of rotatable bonds is 4. The Balaban J connectivity index is 1.59. The summed E-state index contributed by atoms with van der Waals surface area (Å²) in [5, 5.41) is 13.6. The summed E-state index contributed by atoms with van der Waals surface area (Å²) in [6, 6.07) is 0.574. The second-order valence-electron chi connectivity index (χ2n) is 7.64. The van der Waals surface area contributed by atoms with E-state index in [0.29, 0.717) is 24.7 Å². The van der Waals surface area contributed by atoms with E-state index in [9.17, 15) is 5.11 Å². The number of aliphatic hydroxyl groups excluding tert-OH is 1. The molecule has 110 valence electrons. The summed E-state index contributed by atoms with van der Waals surface area (Å²) in [4.78, 5) is 0. The van der Waals surface area contributed by atoms with Gasteiger partial charge in [0.25, 0.3) is 0 Å². The van der Waals surface area contributed by atoms with Crippen molar-refractivity contribution in [1.82, 2.24) is 5.32 Å². The minimum atomic E-state index is 0.152. The molecule has 1 aliphatic heterocycles. The fraction of sp³-hybridized carbons (Fsp3) is 1.00. The van der Waals surface area contributed by atoms with Crippen LogP contribution in [0, 0.1) is 16.7 Å². The summed E-state index contributed by atoms with van der Waals surface area (Å²) >= 11 is 0. The number of fused-ring (bicyclic) bond motifs is 1. The third-order valence-corrected chi connectivity index (χ3v) is 6.05. The highest BCUT2D eigenvalue weighted by Crippen LogP contribution is 2.52. The van der Waals surface area contributed by atoms with Gasteiger partial charge in [-0.1, -0.05) is 33.1 Å². The van der Waals surface area contributed by atoms with Gasteiger partial charge in [0.1, 0.15) is 0 Å². The summed E-state index contributed by atoms with van der Waals surface area (Å²) in [6.07, 6.45) is 7.95. The first-order valence-corrected chi connectivity index (χ1v) is 8.05. The topological polar surface area (TPSA) is 41.5 Å². The molecule has 0 bridgehead atoms. The van der Waals surface area contributed by atoms with Crippen LogP contribution in [-0.2, 0) is 4.74 Å². The van der Waals surface area contributed by atoms with Crippen LogP contribution in [0.5, 0.6) is 0 Å². The van der Waals surface area contributed by atoms with Gasteiger partial charge in [0, 0.05) is 42.5 Å². The van der Waals surface area contributed by atoms with E-state index in [2.05, 4.69) is 19.2 Å². The molecule has 2 saturated carbocycles. The lowest BCUT2D eigenvalue weighted by atomic mass is 9.57. The van der Waals surface area contributed by atoms with E-state index in [-0.39, 0.29) is 10.8 Å². The molecule has 0 radical (unpaired) electrons. The molecule has 3 unspecified atom stereocenters. The Labute approximate surface area is 117 Å². The minimum Gasteiger partial charge on any atom is -0.396 e. The Morgan fingerprint density at radius 1 is 1.21 bits per heavy atom. The van der Waals surface area contributed by atoms with E-state index in [1.165, 1.54) is 38.5 Å². The van der Waals surface area contributed by atoms with Crippen LogP contribution < -0.4 is 5.32 Å². The van der Waals surface area contributed by atoms with Crippen LogP contribution in [0.25, 0.3) is 0 Å². The minimum absolute atomic E-state index is 0.152. The van der Waals surface area contributed by atoms with Crippen LogP contribution in [0.2, 0.25) is 0 Å². The monoisotopic (exact) mass is 267 g/mol. The van der Waals surface area contributed by atoms with E-state index in [0.717, 1.165) is 13.2 Å². The smallest absolute Gasteiger partial charge is 0.0685 e. The highest BCUT2D eigenvalue weighted by molar-refractivity contribution is 5.11. The van der Waals surface area contributed by atoms with E-state index < -0.39 is 0 Å². The average Bonchev–Trinajstić information content (AvgIpc) is 2.86. The van der Waals surface area contributed by atoms with Crippen molar-refractivity contribution in [2.75, 3.05) is 19.8 Å². The van der Waals surface area contributed by atoms with Crippen molar-refractivity contribution in [3.05, 3.63) is 0 Å². The lowest BCUT2D eigenvalue weighted by Gasteiger charge is -2.56. The predicted octanol–water partition coefficient (Wildman–Crippen LogP) is 2.33. The van der Waals surface area contributed by atoms with Gasteiger partial charge in [-0.25, -0.2) is 0 Å². The molecule has 1 heterocycles. The van der Waals surface area contributed by atoms with Crippen molar-refractivity contribution in [2.45, 2.75) is 64.5 Å². The highest BCUT2D eigenvalue weighted by Gasteiger charge is 2.59. The van der Waals surface area contributed by atoms with Crippen molar-refractivity contribution >= 4 is 0 Å². The molecule has 0 amide bonds. The maximum absolute atomic E-state index is 9.80. The molecule has 3 rings (SSSR count). The van der Waals surface area contributed by atoms with Gasteiger partial charge in [0.15, 0.2) is 0 Å². The Morgan fingerprint density at radius 3 is 2.63 bits per heavy atom. The molecule has 2 N–H and O–H groups in total. The summed E-state index contributed by atoms with van der Waals surface area (Å²) in [6.45, 7) is 6.91. The van der Waals surface area contributed by atoms with E-state index in [1.54, 1.807) is 0 Å². The Bertz CT molecular complexity index is 323. The van der Waals surface area contributed by atoms with Gasteiger partial charge >= 0.3 is 0 Å². The fourth-order valence-corrected chi connectivity index (χ4v) is 4.76. The van der Waals surface area contributed by atoms with Crippen LogP contribution in [-0.4, -0.2) is 37.0 Å². The SMILES string of the molecule is CC1(C)C(NCC2(CO)CCCCC2)C2CCOC21. The molecule has 1 saturated heterocycles. The lowest BCUT2D eigenvalue weighted by Crippen LogP contribution is -2.67. The van der Waals surface area contributed by atoms with Crippen LogP contribution in [0.4, 0.5) is 0 Å². The summed E-state index contributed by atoms with van der Waals surface area (Å²) in [5.74, 6) is 0.703. The standard InChI is InChI=1S/C16H29NO2/c1-15(2)13(12-6-9-19-14(12)15)17-10-16(11-18)7-4-3-5-8-16/h12-14,17-18H,3-11H2,1-2H3. The average molecular weight is 267 g/mol. The third-order valence-electron chi connectivity index (χ3n) is 6.05. The van der Waals surface area contributed by atoms with Crippen LogP contribution in [0.3, 0.4) is 0 Å². The molecule has 0 aromatic rings. The molecule has 3 nitrogen and oxygen atoms in total. The summed E-state index contributed by atoms with van der Waals surface area (Å²) < 4.78 is 5.85. The predicted molar refractivity (Wildman–Crippen MR) is 76.0 cm³/mol. The number of hydrogen-bond donors (Lipinski definition) is 2. The second kappa shape index (κ2) is 5.01. The van der Waals surface area contributed by atoms with E-state index in [1.807, 2.05) is 0 Å². The molecule has 2 aliphatic carbocycles. The molecule has 0 spiro atoms. The van der Waals surface area contributed by atoms with Crippen molar-refractivity contribution in [2.24, 2.45) is 16.7 Å². The molecule has 3 aliphatic rings. The highest BCUT2D eigenvalue weighted by atomic mass is 16.5. The van der Waals surface area contributed by atoms with Crippen LogP contribution in [0.1, 0.15) is 52.4 Å². The quantitative estimate of drug-likeness (QED) is 0.821. The molecule has 3 atom stereocenters. The van der Waals surface area contributed by atoms with E-state index in [4.69, 9.17) is 4.74 Å². The van der Waals surface area contributed by atoms with Gasteiger partial charge in [-0.15, -0.1) is 0 Å². The maximum Gasteiger partial charge on any atom is 0.0685 e. The normalized spacial score (nSPS) is 39.6. The first-order chi connectivity index (χ1) is 9.09. The largest absolute Gasteiger partial charge is 0.396 e. The first-order valence-electron chi connectivity index (χ1n) is 8.05. The molecule has 3 heteroatoms. The van der Waals surface area contributed by atoms with Gasteiger partial charge in [-0.05, 0) is 19.3 Å². The van der Waals surface area contributed by atoms with Crippen molar-refractivity contribution in [3.8, 4) is 0 Å². The summed E-state index contributed by atoms with van der Waals surface area (Å²) in [5.41, 5.74) is 0.408. The number of aliphatic hydroxyl groups is 1. The molecule has 19 heavy (non-hydrogen) atoms. The zero-order valence-corrected chi connectivity index (χ0v) is 12.5.